The van der Waals surface area contributed by atoms with Gasteiger partial charge in [-0.25, -0.2) is 14.8 Å². The van der Waals surface area contributed by atoms with Crippen LogP contribution >= 0.6 is 0 Å². The van der Waals surface area contributed by atoms with Gasteiger partial charge in [0, 0.05) is 19.6 Å². The van der Waals surface area contributed by atoms with Crippen LogP contribution in [0.25, 0.3) is 0 Å². The first-order valence-electron chi connectivity index (χ1n) is 5.88. The molecule has 9 nitrogen and oxygen atoms in total. The Kier molecular flexibility index (Phi) is 4.12. The molecule has 2 rings (SSSR count). The van der Waals surface area contributed by atoms with Crippen molar-refractivity contribution >= 4 is 16.1 Å². The molecule has 1 amide bonds. The minimum atomic E-state index is -3.69. The summed E-state index contributed by atoms with van der Waals surface area (Å²) in [6, 6.07) is 0. The fourth-order valence-corrected chi connectivity index (χ4v) is 2.58. The van der Waals surface area contributed by atoms with Gasteiger partial charge in [0.1, 0.15) is 6.33 Å². The second kappa shape index (κ2) is 5.63. The fraction of sp³-hybridized carbons (Fsp3) is 0.667. The Labute approximate surface area is 110 Å². The lowest BCUT2D eigenvalue weighted by atomic mass is 9.98. The highest BCUT2D eigenvalue weighted by atomic mass is 32.2. The van der Waals surface area contributed by atoms with Crippen molar-refractivity contribution in [2.75, 3.05) is 19.6 Å². The summed E-state index contributed by atoms with van der Waals surface area (Å²) in [6.07, 6.45) is 2.94. The van der Waals surface area contributed by atoms with Gasteiger partial charge < -0.3 is 4.90 Å². The standard InChI is InChI=1S/C9H16N6O3S/c10-19(17,18)13-4-7-2-1-3-15(5-7)9(16)8-11-6-12-14-8/h6-7,13H,1-5H2,(H2,10,17,18)(H,11,12,14). The zero-order valence-corrected chi connectivity index (χ0v) is 11.1. The number of carbonyl (C=O) groups excluding carboxylic acids is 1. The molecule has 1 saturated heterocycles. The Hall–Kier alpha value is -1.52. The van der Waals surface area contributed by atoms with E-state index in [0.717, 1.165) is 12.8 Å². The first-order chi connectivity index (χ1) is 8.96. The molecule has 0 aliphatic carbocycles. The van der Waals surface area contributed by atoms with E-state index in [9.17, 15) is 13.2 Å². The number of carbonyl (C=O) groups is 1. The molecule has 1 aliphatic rings. The van der Waals surface area contributed by atoms with E-state index in [1.54, 1.807) is 4.90 Å². The number of aromatic nitrogens is 3. The molecule has 1 fully saturated rings. The largest absolute Gasteiger partial charge is 0.336 e. The number of nitrogens with zero attached hydrogens (tertiary/aromatic N) is 3. The SMILES string of the molecule is NS(=O)(=O)NCC1CCCN(C(=O)c2ncn[nH]2)C1. The van der Waals surface area contributed by atoms with E-state index in [4.69, 9.17) is 5.14 Å². The Morgan fingerprint density at radius 1 is 1.63 bits per heavy atom. The minimum Gasteiger partial charge on any atom is -0.336 e. The quantitative estimate of drug-likeness (QED) is 0.616. The first-order valence-corrected chi connectivity index (χ1v) is 7.42. The smallest absolute Gasteiger partial charge is 0.291 e. The summed E-state index contributed by atoms with van der Waals surface area (Å²) in [4.78, 5) is 17.5. The monoisotopic (exact) mass is 288 g/mol. The van der Waals surface area contributed by atoms with Crippen LogP contribution in [0.15, 0.2) is 6.33 Å². The van der Waals surface area contributed by atoms with Gasteiger partial charge in [0.15, 0.2) is 0 Å². The molecule has 1 aromatic rings. The van der Waals surface area contributed by atoms with Gasteiger partial charge in [-0.3, -0.25) is 9.89 Å². The zero-order chi connectivity index (χ0) is 13.9. The third-order valence-corrected chi connectivity index (χ3v) is 3.57. The lowest BCUT2D eigenvalue weighted by Crippen LogP contribution is -2.45. The fourth-order valence-electron chi connectivity index (χ4n) is 2.11. The molecule has 2 heterocycles. The summed E-state index contributed by atoms with van der Waals surface area (Å²) in [6.45, 7) is 1.34. The number of hydrogen-bond donors (Lipinski definition) is 3. The van der Waals surface area contributed by atoms with Gasteiger partial charge in [-0.1, -0.05) is 0 Å². The number of piperidine rings is 1. The molecule has 19 heavy (non-hydrogen) atoms. The number of H-pyrrole nitrogens is 1. The number of amides is 1. The summed E-state index contributed by atoms with van der Waals surface area (Å²) in [5.41, 5.74) is 0. The van der Waals surface area contributed by atoms with Crippen molar-refractivity contribution in [2.24, 2.45) is 11.1 Å². The zero-order valence-electron chi connectivity index (χ0n) is 10.2. The molecule has 1 unspecified atom stereocenters. The molecule has 0 aromatic carbocycles. The van der Waals surface area contributed by atoms with E-state index in [1.807, 2.05) is 0 Å². The van der Waals surface area contributed by atoms with Crippen molar-refractivity contribution in [3.63, 3.8) is 0 Å². The molecular formula is C9H16N6O3S. The van der Waals surface area contributed by atoms with Gasteiger partial charge in [-0.05, 0) is 18.8 Å². The van der Waals surface area contributed by atoms with Crippen LogP contribution in [0.2, 0.25) is 0 Å². The summed E-state index contributed by atoms with van der Waals surface area (Å²) in [5, 5.41) is 11.0. The van der Waals surface area contributed by atoms with Gasteiger partial charge in [0.2, 0.25) is 5.82 Å². The van der Waals surface area contributed by atoms with Crippen LogP contribution in [0, 0.1) is 5.92 Å². The van der Waals surface area contributed by atoms with Gasteiger partial charge in [0.05, 0.1) is 0 Å². The van der Waals surface area contributed by atoms with E-state index < -0.39 is 10.2 Å². The van der Waals surface area contributed by atoms with Crippen LogP contribution in [0.1, 0.15) is 23.5 Å². The van der Waals surface area contributed by atoms with Crippen LogP contribution in [0.3, 0.4) is 0 Å². The number of hydrogen-bond acceptors (Lipinski definition) is 5. The lowest BCUT2D eigenvalue weighted by Gasteiger charge is -2.32. The second-order valence-corrected chi connectivity index (χ2v) is 5.87. The average molecular weight is 288 g/mol. The van der Waals surface area contributed by atoms with Gasteiger partial charge in [-0.15, -0.1) is 0 Å². The lowest BCUT2D eigenvalue weighted by molar-refractivity contribution is 0.0664. The molecule has 1 atom stereocenters. The molecule has 0 radical (unpaired) electrons. The molecule has 1 aromatic heterocycles. The second-order valence-electron chi connectivity index (χ2n) is 4.49. The van der Waals surface area contributed by atoms with Crippen molar-refractivity contribution in [3.05, 3.63) is 12.2 Å². The molecular weight excluding hydrogens is 272 g/mol. The number of aromatic amines is 1. The Morgan fingerprint density at radius 3 is 3.05 bits per heavy atom. The van der Waals surface area contributed by atoms with Crippen LogP contribution in [-0.4, -0.2) is 54.0 Å². The summed E-state index contributed by atoms with van der Waals surface area (Å²) < 4.78 is 23.9. The Morgan fingerprint density at radius 2 is 2.42 bits per heavy atom. The summed E-state index contributed by atoms with van der Waals surface area (Å²) in [5.74, 6) is 0.0248. The van der Waals surface area contributed by atoms with Crippen molar-refractivity contribution in [1.29, 1.82) is 0 Å². The van der Waals surface area contributed by atoms with E-state index in [2.05, 4.69) is 19.9 Å². The highest BCUT2D eigenvalue weighted by Gasteiger charge is 2.26. The number of nitrogens with two attached hydrogens (primary N) is 1. The molecule has 4 N–H and O–H groups in total. The van der Waals surface area contributed by atoms with Crippen LogP contribution in [0.5, 0.6) is 0 Å². The predicted octanol–water partition coefficient (Wildman–Crippen LogP) is -1.55. The van der Waals surface area contributed by atoms with Crippen LogP contribution in [0.4, 0.5) is 0 Å². The normalized spacial score (nSPS) is 20.5. The van der Waals surface area contributed by atoms with E-state index in [0.29, 0.717) is 13.1 Å². The van der Waals surface area contributed by atoms with E-state index in [1.165, 1.54) is 6.33 Å². The maximum atomic E-state index is 12.0. The van der Waals surface area contributed by atoms with Crippen molar-refractivity contribution in [2.45, 2.75) is 12.8 Å². The van der Waals surface area contributed by atoms with Crippen molar-refractivity contribution in [3.8, 4) is 0 Å². The maximum Gasteiger partial charge on any atom is 0.291 e. The highest BCUT2D eigenvalue weighted by Crippen LogP contribution is 2.17. The third kappa shape index (κ3) is 3.98. The molecule has 10 heteroatoms. The number of rotatable bonds is 4. The van der Waals surface area contributed by atoms with Gasteiger partial charge in [-0.2, -0.15) is 13.5 Å². The van der Waals surface area contributed by atoms with Crippen LogP contribution < -0.4 is 9.86 Å². The average Bonchev–Trinajstić information content (AvgIpc) is 2.89. The van der Waals surface area contributed by atoms with Crippen LogP contribution in [-0.2, 0) is 10.2 Å². The Bertz CT molecular complexity index is 528. The van der Waals surface area contributed by atoms with Gasteiger partial charge >= 0.3 is 0 Å². The number of nitrogens with one attached hydrogen (secondary N) is 2. The number of likely N-dealkylation sites (tertiary alicyclic amines) is 1. The van der Waals surface area contributed by atoms with E-state index in [-0.39, 0.29) is 24.2 Å². The molecule has 0 spiro atoms. The molecule has 1 aliphatic heterocycles. The molecule has 106 valence electrons. The van der Waals surface area contributed by atoms with E-state index >= 15 is 0 Å². The van der Waals surface area contributed by atoms with Crippen molar-refractivity contribution < 1.29 is 13.2 Å². The first kappa shape index (κ1) is 13.9. The maximum absolute atomic E-state index is 12.0. The summed E-state index contributed by atoms with van der Waals surface area (Å²) in [7, 11) is -3.69. The summed E-state index contributed by atoms with van der Waals surface area (Å²) >= 11 is 0. The molecule has 0 saturated carbocycles. The minimum absolute atomic E-state index is 0.0546. The third-order valence-electron chi connectivity index (χ3n) is 3.00. The topological polar surface area (TPSA) is 134 Å². The Balaban J connectivity index is 1.92. The van der Waals surface area contributed by atoms with Crippen molar-refractivity contribution in [1.82, 2.24) is 24.8 Å². The highest BCUT2D eigenvalue weighted by molar-refractivity contribution is 7.87. The van der Waals surface area contributed by atoms with Gasteiger partial charge in [0.25, 0.3) is 16.1 Å². The molecule has 0 bridgehead atoms. The predicted molar refractivity (Wildman–Crippen MR) is 66.1 cm³/mol.